The molecule has 3 aromatic rings. The Morgan fingerprint density at radius 3 is 2.41 bits per heavy atom. The van der Waals surface area contributed by atoms with E-state index in [1.807, 2.05) is 65.6 Å². The number of rotatable bonds is 5. The summed E-state index contributed by atoms with van der Waals surface area (Å²) in [6, 6.07) is 22.6. The van der Waals surface area contributed by atoms with Crippen molar-refractivity contribution in [3.05, 3.63) is 88.9 Å². The maximum atomic E-state index is 12.7. The average molecular weight is 449 g/mol. The summed E-state index contributed by atoms with van der Waals surface area (Å²) in [5.41, 5.74) is 2.88. The van der Waals surface area contributed by atoms with Gasteiger partial charge in [0, 0.05) is 43.2 Å². The smallest absolute Gasteiger partial charge is 0.223 e. The maximum Gasteiger partial charge on any atom is 0.223 e. The molecule has 32 heavy (non-hydrogen) atoms. The van der Waals surface area contributed by atoms with E-state index in [1.165, 1.54) is 0 Å². The molecule has 4 rings (SSSR count). The summed E-state index contributed by atoms with van der Waals surface area (Å²) < 4.78 is 6.09. The van der Waals surface area contributed by atoms with Gasteiger partial charge in [0.05, 0.1) is 6.04 Å². The second-order valence-electron chi connectivity index (χ2n) is 7.93. The number of carbonyl (C=O) groups is 2. The highest BCUT2D eigenvalue weighted by Gasteiger charge is 2.32. The summed E-state index contributed by atoms with van der Waals surface area (Å²) in [6.07, 6.45) is 0.694. The summed E-state index contributed by atoms with van der Waals surface area (Å²) in [4.78, 5) is 28.6. The molecule has 164 valence electrons. The van der Waals surface area contributed by atoms with E-state index < -0.39 is 0 Å². The second-order valence-corrected chi connectivity index (χ2v) is 8.36. The number of carbonyl (C=O) groups excluding carboxylic acids is 2. The number of ether oxygens (including phenoxy) is 1. The van der Waals surface area contributed by atoms with Crippen LogP contribution < -0.4 is 9.64 Å². The molecule has 0 radical (unpaired) electrons. The molecule has 0 bridgehead atoms. The third-order valence-corrected chi connectivity index (χ3v) is 5.96. The summed E-state index contributed by atoms with van der Waals surface area (Å²) in [5, 5.41) is 0.640. The number of fused-ring (bicyclic) bond motifs is 1. The van der Waals surface area contributed by atoms with Crippen molar-refractivity contribution in [2.24, 2.45) is 0 Å². The van der Waals surface area contributed by atoms with E-state index >= 15 is 0 Å². The molecule has 6 heteroatoms. The first-order chi connectivity index (χ1) is 15.4. The van der Waals surface area contributed by atoms with E-state index in [2.05, 4.69) is 0 Å². The number of amides is 2. The van der Waals surface area contributed by atoms with E-state index in [4.69, 9.17) is 16.3 Å². The molecule has 0 aromatic heterocycles. The minimum absolute atomic E-state index is 0.0304. The van der Waals surface area contributed by atoms with Gasteiger partial charge in [-0.15, -0.1) is 0 Å². The first kappa shape index (κ1) is 21.9. The lowest BCUT2D eigenvalue weighted by Gasteiger charge is -2.40. The largest absolute Gasteiger partial charge is 0.457 e. The Bertz CT molecular complexity index is 1130. The Labute approximate surface area is 193 Å². The average Bonchev–Trinajstić information content (AvgIpc) is 2.79. The lowest BCUT2D eigenvalue weighted by Crippen LogP contribution is -2.51. The number of hydrogen-bond donors (Lipinski definition) is 0. The molecule has 1 heterocycles. The number of hydrogen-bond acceptors (Lipinski definition) is 3. The van der Waals surface area contributed by atoms with Crippen LogP contribution >= 0.6 is 11.6 Å². The van der Waals surface area contributed by atoms with E-state index in [0.29, 0.717) is 36.0 Å². The van der Waals surface area contributed by atoms with Crippen LogP contribution in [0.2, 0.25) is 5.02 Å². The molecule has 0 saturated carbocycles. The number of nitrogens with zero attached hydrogens (tertiary/aromatic N) is 2. The van der Waals surface area contributed by atoms with Crippen LogP contribution in [0.3, 0.4) is 0 Å². The predicted octanol–water partition coefficient (Wildman–Crippen LogP) is 5.46. The van der Waals surface area contributed by atoms with Gasteiger partial charge in [-0.2, -0.15) is 0 Å². The van der Waals surface area contributed by atoms with Crippen LogP contribution in [0.5, 0.6) is 11.5 Å². The van der Waals surface area contributed by atoms with Gasteiger partial charge in [-0.1, -0.05) is 48.0 Å². The van der Waals surface area contributed by atoms with Crippen LogP contribution in [0, 0.1) is 0 Å². The summed E-state index contributed by atoms with van der Waals surface area (Å²) >= 11 is 5.98. The Hall–Kier alpha value is -3.31. The molecule has 0 saturated heterocycles. The highest BCUT2D eigenvalue weighted by molar-refractivity contribution is 6.30. The first-order valence-electron chi connectivity index (χ1n) is 10.6. The standard InChI is InChI=1S/C26H25ClN2O3/c1-18(30)28(23-15-20-7-3-5-9-25(20)29(17-23)19(2)31)16-21-8-4-6-10-26(21)32-24-13-11-22(27)12-14-24/h3-14,23H,15-17H2,1-2H3. The van der Waals surface area contributed by atoms with Crippen molar-refractivity contribution in [3.63, 3.8) is 0 Å². The molecule has 5 nitrogen and oxygen atoms in total. The molecule has 0 N–H and O–H groups in total. The summed E-state index contributed by atoms with van der Waals surface area (Å²) in [5.74, 6) is 1.28. The fourth-order valence-electron chi connectivity index (χ4n) is 4.13. The van der Waals surface area contributed by atoms with Crippen molar-refractivity contribution in [3.8, 4) is 11.5 Å². The van der Waals surface area contributed by atoms with Crippen LogP contribution in [0.25, 0.3) is 0 Å². The van der Waals surface area contributed by atoms with Gasteiger partial charge in [0.2, 0.25) is 11.8 Å². The van der Waals surface area contributed by atoms with E-state index in [0.717, 1.165) is 16.8 Å². The molecule has 1 unspecified atom stereocenters. The van der Waals surface area contributed by atoms with Gasteiger partial charge < -0.3 is 14.5 Å². The maximum absolute atomic E-state index is 12.7. The third kappa shape index (κ3) is 4.78. The van der Waals surface area contributed by atoms with Crippen molar-refractivity contribution >= 4 is 29.1 Å². The topological polar surface area (TPSA) is 49.9 Å². The van der Waals surface area contributed by atoms with Gasteiger partial charge >= 0.3 is 0 Å². The van der Waals surface area contributed by atoms with Crippen LogP contribution in [-0.4, -0.2) is 29.3 Å². The Morgan fingerprint density at radius 1 is 1.00 bits per heavy atom. The minimum atomic E-state index is -0.130. The number of halogens is 1. The van der Waals surface area contributed by atoms with Crippen molar-refractivity contribution in [2.75, 3.05) is 11.4 Å². The summed E-state index contributed by atoms with van der Waals surface area (Å²) in [7, 11) is 0. The minimum Gasteiger partial charge on any atom is -0.457 e. The fraction of sp³-hybridized carbons (Fsp3) is 0.231. The number of para-hydroxylation sites is 2. The molecule has 0 aliphatic carbocycles. The molecule has 3 aromatic carbocycles. The van der Waals surface area contributed by atoms with Crippen LogP contribution in [-0.2, 0) is 22.6 Å². The van der Waals surface area contributed by atoms with E-state index in [9.17, 15) is 9.59 Å². The quantitative estimate of drug-likeness (QED) is 0.520. The molecular formula is C26H25ClN2O3. The molecule has 0 fully saturated rings. The molecular weight excluding hydrogens is 424 g/mol. The molecule has 1 aliphatic rings. The van der Waals surface area contributed by atoms with Crippen molar-refractivity contribution in [1.82, 2.24) is 4.90 Å². The lowest BCUT2D eigenvalue weighted by molar-refractivity contribution is -0.132. The van der Waals surface area contributed by atoms with Crippen molar-refractivity contribution < 1.29 is 14.3 Å². The monoisotopic (exact) mass is 448 g/mol. The summed E-state index contributed by atoms with van der Waals surface area (Å²) in [6.45, 7) is 3.98. The van der Waals surface area contributed by atoms with E-state index in [-0.39, 0.29) is 17.9 Å². The predicted molar refractivity (Wildman–Crippen MR) is 126 cm³/mol. The SMILES string of the molecule is CC(=O)N1CC(N(Cc2ccccc2Oc2ccc(Cl)cc2)C(C)=O)Cc2ccccc21. The van der Waals surface area contributed by atoms with Crippen LogP contribution in [0.15, 0.2) is 72.8 Å². The van der Waals surface area contributed by atoms with Crippen LogP contribution in [0.4, 0.5) is 5.69 Å². The van der Waals surface area contributed by atoms with Gasteiger partial charge in [0.15, 0.2) is 0 Å². The molecule has 2 amide bonds. The Morgan fingerprint density at radius 2 is 1.69 bits per heavy atom. The zero-order valence-electron chi connectivity index (χ0n) is 18.1. The molecule has 0 spiro atoms. The second kappa shape index (κ2) is 9.45. The third-order valence-electron chi connectivity index (χ3n) is 5.71. The van der Waals surface area contributed by atoms with Crippen molar-refractivity contribution in [2.45, 2.75) is 32.9 Å². The Balaban J connectivity index is 1.61. The first-order valence-corrected chi connectivity index (χ1v) is 10.9. The van der Waals surface area contributed by atoms with Gasteiger partial charge in [-0.25, -0.2) is 0 Å². The van der Waals surface area contributed by atoms with Gasteiger partial charge in [0.25, 0.3) is 0 Å². The number of anilines is 1. The zero-order valence-corrected chi connectivity index (χ0v) is 18.9. The molecule has 1 atom stereocenters. The van der Waals surface area contributed by atoms with Gasteiger partial charge in [0.1, 0.15) is 11.5 Å². The Kier molecular flexibility index (Phi) is 6.47. The highest BCUT2D eigenvalue weighted by Crippen LogP contribution is 2.32. The van der Waals surface area contributed by atoms with Crippen molar-refractivity contribution in [1.29, 1.82) is 0 Å². The van der Waals surface area contributed by atoms with Gasteiger partial charge in [-0.05, 0) is 48.4 Å². The highest BCUT2D eigenvalue weighted by atomic mass is 35.5. The number of benzene rings is 3. The van der Waals surface area contributed by atoms with Crippen LogP contribution in [0.1, 0.15) is 25.0 Å². The lowest BCUT2D eigenvalue weighted by atomic mass is 9.96. The van der Waals surface area contributed by atoms with E-state index in [1.54, 1.807) is 30.9 Å². The normalized spacial score (nSPS) is 15.1. The zero-order chi connectivity index (χ0) is 22.7. The molecule has 1 aliphatic heterocycles. The van der Waals surface area contributed by atoms with Gasteiger partial charge in [-0.3, -0.25) is 9.59 Å². The fourth-order valence-corrected chi connectivity index (χ4v) is 4.25.